The summed E-state index contributed by atoms with van der Waals surface area (Å²) in [5, 5.41) is 0. The number of amides is 2. The standard InChI is InChI=1S/C22H31N3O5S2/c1-4-30-12-11-25-18-9-8-16(2)13-19(18)31-22(25)23-20(26)14-32(28,29)15-21(27)24-10-6-5-7-17(24)3/h8-9,13,17H,4-7,10-12,14-15H2,1-3H3. The quantitative estimate of drug-likeness (QED) is 0.539. The van der Waals surface area contributed by atoms with Gasteiger partial charge in [0.15, 0.2) is 14.6 Å². The summed E-state index contributed by atoms with van der Waals surface area (Å²) >= 11 is 1.34. The topological polar surface area (TPSA) is 98.0 Å². The van der Waals surface area contributed by atoms with E-state index in [1.807, 2.05) is 43.5 Å². The van der Waals surface area contributed by atoms with Crippen LogP contribution < -0.4 is 4.80 Å². The number of thiazole rings is 1. The maximum atomic E-state index is 12.6. The molecule has 1 aliphatic heterocycles. The Balaban J connectivity index is 1.79. The van der Waals surface area contributed by atoms with Gasteiger partial charge in [0.05, 0.1) is 16.8 Å². The Hall–Kier alpha value is -2.04. The van der Waals surface area contributed by atoms with Crippen LogP contribution in [0.4, 0.5) is 0 Å². The number of piperidine rings is 1. The van der Waals surface area contributed by atoms with Crippen molar-refractivity contribution in [1.82, 2.24) is 9.47 Å². The lowest BCUT2D eigenvalue weighted by atomic mass is 10.0. The minimum Gasteiger partial charge on any atom is -0.380 e. The molecule has 8 nitrogen and oxygen atoms in total. The van der Waals surface area contributed by atoms with E-state index in [9.17, 15) is 18.0 Å². The van der Waals surface area contributed by atoms with Crippen molar-refractivity contribution in [2.75, 3.05) is 31.3 Å². The van der Waals surface area contributed by atoms with Crippen LogP contribution in [0.5, 0.6) is 0 Å². The summed E-state index contributed by atoms with van der Waals surface area (Å²) in [6.45, 7) is 7.92. The molecule has 1 saturated heterocycles. The van der Waals surface area contributed by atoms with Crippen LogP contribution >= 0.6 is 11.3 Å². The van der Waals surface area contributed by atoms with Gasteiger partial charge in [0, 0.05) is 25.7 Å². The highest BCUT2D eigenvalue weighted by Gasteiger charge is 2.28. The van der Waals surface area contributed by atoms with Crippen molar-refractivity contribution in [3.8, 4) is 0 Å². The van der Waals surface area contributed by atoms with Crippen molar-refractivity contribution in [1.29, 1.82) is 0 Å². The monoisotopic (exact) mass is 481 g/mol. The van der Waals surface area contributed by atoms with Gasteiger partial charge >= 0.3 is 0 Å². The van der Waals surface area contributed by atoms with E-state index >= 15 is 0 Å². The van der Waals surface area contributed by atoms with E-state index in [4.69, 9.17) is 4.74 Å². The van der Waals surface area contributed by atoms with Crippen molar-refractivity contribution in [2.24, 2.45) is 4.99 Å². The largest absolute Gasteiger partial charge is 0.380 e. The van der Waals surface area contributed by atoms with E-state index in [2.05, 4.69) is 4.99 Å². The normalized spacial score (nSPS) is 17.8. The van der Waals surface area contributed by atoms with E-state index in [0.29, 0.717) is 31.1 Å². The number of ether oxygens (including phenoxy) is 1. The number of likely N-dealkylation sites (tertiary alicyclic amines) is 1. The number of carbonyl (C=O) groups excluding carboxylic acids is 2. The number of hydrogen-bond acceptors (Lipinski definition) is 6. The molecule has 10 heteroatoms. The second kappa shape index (κ2) is 10.7. The number of carbonyl (C=O) groups is 2. The van der Waals surface area contributed by atoms with Gasteiger partial charge in [-0.3, -0.25) is 9.59 Å². The van der Waals surface area contributed by atoms with Gasteiger partial charge in [0.25, 0.3) is 5.91 Å². The second-order valence-electron chi connectivity index (χ2n) is 8.17. The average molecular weight is 482 g/mol. The third-order valence-corrected chi connectivity index (χ3v) is 7.95. The summed E-state index contributed by atoms with van der Waals surface area (Å²) in [6.07, 6.45) is 2.78. The lowest BCUT2D eigenvalue weighted by Crippen LogP contribution is -2.45. The van der Waals surface area contributed by atoms with Crippen LogP contribution in [0, 0.1) is 6.92 Å². The molecule has 1 fully saturated rings. The highest BCUT2D eigenvalue weighted by atomic mass is 32.2. The maximum absolute atomic E-state index is 12.6. The third kappa shape index (κ3) is 6.26. The minimum atomic E-state index is -3.91. The number of sulfone groups is 1. The number of aryl methyl sites for hydroxylation is 1. The van der Waals surface area contributed by atoms with E-state index in [1.54, 1.807) is 4.90 Å². The number of rotatable bonds is 8. The van der Waals surface area contributed by atoms with Crippen LogP contribution in [0.2, 0.25) is 0 Å². The van der Waals surface area contributed by atoms with Crippen LogP contribution in [0.3, 0.4) is 0 Å². The van der Waals surface area contributed by atoms with E-state index in [1.165, 1.54) is 11.3 Å². The molecule has 2 heterocycles. The first-order valence-electron chi connectivity index (χ1n) is 11.0. The van der Waals surface area contributed by atoms with Crippen molar-refractivity contribution in [2.45, 2.75) is 52.6 Å². The zero-order valence-electron chi connectivity index (χ0n) is 18.9. The Morgan fingerprint density at radius 2 is 2.03 bits per heavy atom. The Morgan fingerprint density at radius 3 is 2.75 bits per heavy atom. The van der Waals surface area contributed by atoms with Gasteiger partial charge in [-0.1, -0.05) is 17.4 Å². The summed E-state index contributed by atoms with van der Waals surface area (Å²) in [4.78, 5) is 31.2. The fourth-order valence-corrected chi connectivity index (χ4v) is 6.16. The fourth-order valence-electron chi connectivity index (χ4n) is 3.90. The molecule has 0 saturated carbocycles. The van der Waals surface area contributed by atoms with Gasteiger partial charge in [-0.25, -0.2) is 8.42 Å². The van der Waals surface area contributed by atoms with E-state index in [-0.39, 0.29) is 6.04 Å². The molecule has 0 N–H and O–H groups in total. The fraction of sp³-hybridized carbons (Fsp3) is 0.591. The Bertz CT molecular complexity index is 1150. The molecular formula is C22H31N3O5S2. The molecule has 1 aliphatic rings. The highest BCUT2D eigenvalue weighted by Crippen LogP contribution is 2.19. The molecule has 1 aromatic heterocycles. The molecule has 176 valence electrons. The first kappa shape index (κ1) is 24.6. The molecule has 1 atom stereocenters. The molecule has 1 aromatic carbocycles. The molecule has 0 bridgehead atoms. The molecule has 1 unspecified atom stereocenters. The van der Waals surface area contributed by atoms with Crippen LogP contribution in [0.25, 0.3) is 10.2 Å². The lowest BCUT2D eigenvalue weighted by molar-refractivity contribution is -0.131. The van der Waals surface area contributed by atoms with Gasteiger partial charge in [-0.05, 0) is 57.7 Å². The predicted octanol–water partition coefficient (Wildman–Crippen LogP) is 2.29. The summed E-state index contributed by atoms with van der Waals surface area (Å²) in [5.74, 6) is -2.64. The second-order valence-corrected chi connectivity index (χ2v) is 11.2. The van der Waals surface area contributed by atoms with Crippen molar-refractivity contribution in [3.05, 3.63) is 28.6 Å². The molecule has 2 amide bonds. The van der Waals surface area contributed by atoms with Crippen LogP contribution in [0.15, 0.2) is 23.2 Å². The molecular weight excluding hydrogens is 450 g/mol. The summed E-state index contributed by atoms with van der Waals surface area (Å²) in [7, 11) is -3.91. The molecule has 3 rings (SSSR count). The summed E-state index contributed by atoms with van der Waals surface area (Å²) in [5.41, 5.74) is 2.01. The molecule has 2 aromatic rings. The van der Waals surface area contributed by atoms with Gasteiger partial charge in [0.1, 0.15) is 11.5 Å². The first-order chi connectivity index (χ1) is 15.2. The Morgan fingerprint density at radius 1 is 1.25 bits per heavy atom. The van der Waals surface area contributed by atoms with Crippen LogP contribution in [-0.4, -0.2) is 67.0 Å². The molecule has 0 radical (unpaired) electrons. The lowest BCUT2D eigenvalue weighted by Gasteiger charge is -2.33. The number of aromatic nitrogens is 1. The summed E-state index contributed by atoms with van der Waals surface area (Å²) < 4.78 is 33.4. The van der Waals surface area contributed by atoms with E-state index in [0.717, 1.165) is 35.0 Å². The van der Waals surface area contributed by atoms with Crippen molar-refractivity contribution < 1.29 is 22.7 Å². The predicted molar refractivity (Wildman–Crippen MR) is 125 cm³/mol. The molecule has 32 heavy (non-hydrogen) atoms. The highest BCUT2D eigenvalue weighted by molar-refractivity contribution is 7.92. The molecule has 0 aliphatic carbocycles. The molecule has 0 spiro atoms. The van der Waals surface area contributed by atoms with Crippen molar-refractivity contribution >= 4 is 43.2 Å². The Labute approximate surface area is 192 Å². The van der Waals surface area contributed by atoms with Gasteiger partial charge < -0.3 is 14.2 Å². The average Bonchev–Trinajstić information content (AvgIpc) is 3.03. The smallest absolute Gasteiger partial charge is 0.263 e. The van der Waals surface area contributed by atoms with Gasteiger partial charge in [-0.15, -0.1) is 0 Å². The zero-order chi connectivity index (χ0) is 23.3. The number of nitrogens with zero attached hydrogens (tertiary/aromatic N) is 3. The number of benzene rings is 1. The van der Waals surface area contributed by atoms with Gasteiger partial charge in [-0.2, -0.15) is 4.99 Å². The Kier molecular flexibility index (Phi) is 8.24. The SMILES string of the molecule is CCOCCn1c(=NC(=O)CS(=O)(=O)CC(=O)N2CCCCC2C)sc2cc(C)ccc21. The zero-order valence-corrected chi connectivity index (χ0v) is 20.5. The minimum absolute atomic E-state index is 0.0261. The number of hydrogen-bond donors (Lipinski definition) is 0. The van der Waals surface area contributed by atoms with Crippen molar-refractivity contribution in [3.63, 3.8) is 0 Å². The third-order valence-electron chi connectivity index (χ3n) is 5.53. The first-order valence-corrected chi connectivity index (χ1v) is 13.6. The summed E-state index contributed by atoms with van der Waals surface area (Å²) in [6, 6.07) is 5.98. The maximum Gasteiger partial charge on any atom is 0.263 e. The van der Waals surface area contributed by atoms with Crippen LogP contribution in [-0.2, 0) is 30.7 Å². The van der Waals surface area contributed by atoms with E-state index < -0.39 is 33.2 Å². The van der Waals surface area contributed by atoms with Gasteiger partial charge in [0.2, 0.25) is 5.91 Å². The van der Waals surface area contributed by atoms with Crippen LogP contribution in [0.1, 0.15) is 38.7 Å². The number of fused-ring (bicyclic) bond motifs is 1.